The Labute approximate surface area is 95.5 Å². The highest BCUT2D eigenvalue weighted by atomic mass is 32.2. The van der Waals surface area contributed by atoms with Crippen LogP contribution in [0.5, 0.6) is 0 Å². The minimum absolute atomic E-state index is 0.170. The number of ether oxygens (including phenoxy) is 1. The summed E-state index contributed by atoms with van der Waals surface area (Å²) in [6, 6.07) is 6.83. The van der Waals surface area contributed by atoms with Gasteiger partial charge in [-0.15, -0.1) is 0 Å². The Balaban J connectivity index is 2.18. The Morgan fingerprint density at radius 1 is 1.12 bits per heavy atom. The maximum atomic E-state index is 11.1. The van der Waals surface area contributed by atoms with Crippen LogP contribution in [0.4, 0.5) is 0 Å². The molecule has 1 saturated heterocycles. The van der Waals surface area contributed by atoms with Crippen molar-refractivity contribution < 1.29 is 13.2 Å². The minimum atomic E-state index is -3.57. The smallest absolute Gasteiger partial charge is 0.238 e. The number of nitrogens with two attached hydrogens (primary N) is 1. The van der Waals surface area contributed by atoms with Gasteiger partial charge in [0.25, 0.3) is 0 Å². The molecule has 1 aliphatic heterocycles. The van der Waals surface area contributed by atoms with Crippen molar-refractivity contribution in [1.82, 2.24) is 0 Å². The van der Waals surface area contributed by atoms with E-state index in [2.05, 4.69) is 0 Å². The summed E-state index contributed by atoms with van der Waals surface area (Å²) in [6.45, 7) is 1.56. The van der Waals surface area contributed by atoms with E-state index >= 15 is 0 Å². The van der Waals surface area contributed by atoms with E-state index in [0.717, 1.165) is 31.6 Å². The Hall–Kier alpha value is -0.910. The number of primary sulfonamides is 1. The van der Waals surface area contributed by atoms with Gasteiger partial charge in [0.2, 0.25) is 10.0 Å². The summed E-state index contributed by atoms with van der Waals surface area (Å²) in [5.74, 6) is 0.475. The van der Waals surface area contributed by atoms with Crippen LogP contribution in [0.3, 0.4) is 0 Å². The molecule has 1 aromatic rings. The molecule has 16 heavy (non-hydrogen) atoms. The fourth-order valence-electron chi connectivity index (χ4n) is 1.96. The lowest BCUT2D eigenvalue weighted by molar-refractivity contribution is 0.0853. The van der Waals surface area contributed by atoms with Crippen molar-refractivity contribution >= 4 is 10.0 Å². The fourth-order valence-corrected chi connectivity index (χ4v) is 2.48. The third-order valence-corrected chi connectivity index (χ3v) is 3.83. The molecule has 4 nitrogen and oxygen atoms in total. The quantitative estimate of drug-likeness (QED) is 0.846. The second-order valence-corrected chi connectivity index (χ2v) is 5.56. The molecule has 0 aliphatic carbocycles. The van der Waals surface area contributed by atoms with Gasteiger partial charge < -0.3 is 4.74 Å². The molecule has 1 fully saturated rings. The van der Waals surface area contributed by atoms with E-state index in [1.54, 1.807) is 12.1 Å². The van der Waals surface area contributed by atoms with Gasteiger partial charge in [-0.1, -0.05) is 12.1 Å². The molecule has 1 aliphatic rings. The number of benzene rings is 1. The van der Waals surface area contributed by atoms with Crippen molar-refractivity contribution in [2.45, 2.75) is 23.7 Å². The molecular formula is C11H15NO3S. The van der Waals surface area contributed by atoms with Gasteiger partial charge in [-0.05, 0) is 36.5 Å². The lowest BCUT2D eigenvalue weighted by Crippen LogP contribution is -2.15. The van der Waals surface area contributed by atoms with E-state index in [1.165, 1.54) is 0 Å². The molecule has 0 aromatic heterocycles. The van der Waals surface area contributed by atoms with Gasteiger partial charge in [0.05, 0.1) is 4.90 Å². The van der Waals surface area contributed by atoms with Crippen molar-refractivity contribution in [3.05, 3.63) is 29.8 Å². The highest BCUT2D eigenvalue weighted by molar-refractivity contribution is 7.89. The Bertz CT molecular complexity index is 447. The Morgan fingerprint density at radius 2 is 1.69 bits per heavy atom. The van der Waals surface area contributed by atoms with Crippen molar-refractivity contribution in [1.29, 1.82) is 0 Å². The van der Waals surface area contributed by atoms with E-state index in [-0.39, 0.29) is 4.90 Å². The van der Waals surface area contributed by atoms with Gasteiger partial charge in [-0.3, -0.25) is 0 Å². The maximum Gasteiger partial charge on any atom is 0.238 e. The third kappa shape index (κ3) is 2.61. The number of hydrogen-bond acceptors (Lipinski definition) is 3. The van der Waals surface area contributed by atoms with Gasteiger partial charge in [-0.25, -0.2) is 13.6 Å². The van der Waals surface area contributed by atoms with Gasteiger partial charge in [0.15, 0.2) is 0 Å². The van der Waals surface area contributed by atoms with E-state index in [0.29, 0.717) is 5.92 Å². The number of rotatable bonds is 2. The van der Waals surface area contributed by atoms with Crippen molar-refractivity contribution in [3.8, 4) is 0 Å². The van der Waals surface area contributed by atoms with Crippen LogP contribution in [0, 0.1) is 0 Å². The summed E-state index contributed by atoms with van der Waals surface area (Å²) >= 11 is 0. The largest absolute Gasteiger partial charge is 0.381 e. The molecule has 1 heterocycles. The molecule has 0 bridgehead atoms. The van der Waals surface area contributed by atoms with Crippen molar-refractivity contribution in [3.63, 3.8) is 0 Å². The summed E-state index contributed by atoms with van der Waals surface area (Å²) in [5, 5.41) is 5.04. The molecule has 2 rings (SSSR count). The van der Waals surface area contributed by atoms with Crippen LogP contribution in [0.15, 0.2) is 29.2 Å². The van der Waals surface area contributed by atoms with Crippen molar-refractivity contribution in [2.75, 3.05) is 13.2 Å². The van der Waals surface area contributed by atoms with Crippen LogP contribution in [-0.2, 0) is 14.8 Å². The highest BCUT2D eigenvalue weighted by Gasteiger charge is 2.16. The fraction of sp³-hybridized carbons (Fsp3) is 0.455. The predicted octanol–water partition coefficient (Wildman–Crippen LogP) is 1.23. The zero-order valence-electron chi connectivity index (χ0n) is 8.93. The van der Waals surface area contributed by atoms with E-state index in [1.807, 2.05) is 12.1 Å². The SMILES string of the molecule is NS(=O)(=O)c1ccc(C2CCOCC2)cc1. The van der Waals surface area contributed by atoms with Gasteiger partial charge in [0.1, 0.15) is 0 Å². The lowest BCUT2D eigenvalue weighted by Gasteiger charge is -2.22. The van der Waals surface area contributed by atoms with Crippen LogP contribution in [0.2, 0.25) is 0 Å². The molecule has 2 N–H and O–H groups in total. The number of sulfonamides is 1. The summed E-state index contributed by atoms with van der Waals surface area (Å²) < 4.78 is 27.4. The average molecular weight is 241 g/mol. The maximum absolute atomic E-state index is 11.1. The summed E-state index contributed by atoms with van der Waals surface area (Å²) in [6.07, 6.45) is 1.99. The molecular weight excluding hydrogens is 226 g/mol. The molecule has 0 spiro atoms. The predicted molar refractivity (Wildman–Crippen MR) is 60.6 cm³/mol. The first-order chi connectivity index (χ1) is 7.57. The molecule has 88 valence electrons. The Kier molecular flexibility index (Phi) is 3.28. The summed E-state index contributed by atoms with van der Waals surface area (Å²) in [4.78, 5) is 0.170. The van der Waals surface area contributed by atoms with Crippen LogP contribution in [0.25, 0.3) is 0 Å². The second-order valence-electron chi connectivity index (χ2n) is 4.00. The van der Waals surface area contributed by atoms with Crippen molar-refractivity contribution in [2.24, 2.45) is 5.14 Å². The molecule has 1 aromatic carbocycles. The summed E-state index contributed by atoms with van der Waals surface area (Å²) in [7, 11) is -3.57. The van der Waals surface area contributed by atoms with Crippen LogP contribution in [-0.4, -0.2) is 21.6 Å². The molecule has 0 unspecified atom stereocenters. The monoisotopic (exact) mass is 241 g/mol. The second kappa shape index (κ2) is 4.53. The van der Waals surface area contributed by atoms with E-state index < -0.39 is 10.0 Å². The van der Waals surface area contributed by atoms with Gasteiger partial charge in [-0.2, -0.15) is 0 Å². The first kappa shape index (κ1) is 11.6. The van der Waals surface area contributed by atoms with Gasteiger partial charge >= 0.3 is 0 Å². The molecule has 0 saturated carbocycles. The van der Waals surface area contributed by atoms with E-state index in [4.69, 9.17) is 9.88 Å². The van der Waals surface area contributed by atoms with Crippen LogP contribution >= 0.6 is 0 Å². The first-order valence-electron chi connectivity index (χ1n) is 5.28. The number of hydrogen-bond donors (Lipinski definition) is 1. The summed E-state index contributed by atoms with van der Waals surface area (Å²) in [5.41, 5.74) is 1.16. The van der Waals surface area contributed by atoms with E-state index in [9.17, 15) is 8.42 Å². The minimum Gasteiger partial charge on any atom is -0.381 e. The normalized spacial score (nSPS) is 18.6. The standard InChI is InChI=1S/C11H15NO3S/c12-16(13,14)11-3-1-9(2-4-11)10-5-7-15-8-6-10/h1-4,10H,5-8H2,(H2,12,13,14). The average Bonchev–Trinajstić information content (AvgIpc) is 2.29. The third-order valence-electron chi connectivity index (χ3n) is 2.90. The first-order valence-corrected chi connectivity index (χ1v) is 6.82. The topological polar surface area (TPSA) is 69.4 Å². The Morgan fingerprint density at radius 3 is 2.19 bits per heavy atom. The van der Waals surface area contributed by atoms with Crippen LogP contribution < -0.4 is 5.14 Å². The zero-order valence-corrected chi connectivity index (χ0v) is 9.74. The van der Waals surface area contributed by atoms with Gasteiger partial charge in [0, 0.05) is 13.2 Å². The highest BCUT2D eigenvalue weighted by Crippen LogP contribution is 2.27. The zero-order chi connectivity index (χ0) is 11.6. The van der Waals surface area contributed by atoms with Crippen LogP contribution in [0.1, 0.15) is 24.3 Å². The molecule has 0 radical (unpaired) electrons. The molecule has 0 amide bonds. The molecule has 0 atom stereocenters. The molecule has 5 heteroatoms. The lowest BCUT2D eigenvalue weighted by atomic mass is 9.92.